The lowest BCUT2D eigenvalue weighted by atomic mass is 9.90. The molecule has 2 aliphatic heterocycles. The fourth-order valence-electron chi connectivity index (χ4n) is 4.64. The van der Waals surface area contributed by atoms with Crippen molar-refractivity contribution < 1.29 is 22.7 Å². The molecule has 0 bridgehead atoms. The molecule has 0 radical (unpaired) electrons. The van der Waals surface area contributed by atoms with Crippen molar-refractivity contribution in [1.29, 1.82) is 0 Å². The first-order valence-electron chi connectivity index (χ1n) is 12.5. The Morgan fingerprint density at radius 1 is 1.00 bits per heavy atom. The Kier molecular flexibility index (Phi) is 8.50. The van der Waals surface area contributed by atoms with E-state index < -0.39 is 21.5 Å². The van der Waals surface area contributed by atoms with Crippen molar-refractivity contribution in [3.8, 4) is 0 Å². The zero-order valence-corrected chi connectivity index (χ0v) is 23.1. The number of nitrogens with zero attached hydrogens (tertiary/aromatic N) is 2. The summed E-state index contributed by atoms with van der Waals surface area (Å²) < 4.78 is 34.2. The zero-order chi connectivity index (χ0) is 26.6. The Hall–Kier alpha value is -2.56. The molecule has 8 nitrogen and oxygen atoms in total. The van der Waals surface area contributed by atoms with E-state index in [0.717, 1.165) is 5.56 Å². The van der Waals surface area contributed by atoms with Crippen LogP contribution in [0.1, 0.15) is 45.2 Å². The summed E-state index contributed by atoms with van der Waals surface area (Å²) in [7, 11) is -3.80. The van der Waals surface area contributed by atoms with Crippen LogP contribution in [0, 0.1) is 5.92 Å². The molecule has 2 aliphatic rings. The number of hydrogen-bond acceptors (Lipinski definition) is 6. The number of rotatable bonds is 6. The maximum atomic E-state index is 13.6. The van der Waals surface area contributed by atoms with Crippen LogP contribution in [0.15, 0.2) is 65.6 Å². The Morgan fingerprint density at radius 3 is 2.30 bits per heavy atom. The highest BCUT2D eigenvalue weighted by atomic mass is 32.2. The van der Waals surface area contributed by atoms with Crippen LogP contribution < -0.4 is 5.32 Å². The summed E-state index contributed by atoms with van der Waals surface area (Å²) in [6.07, 6.45) is 0.794. The van der Waals surface area contributed by atoms with Crippen molar-refractivity contribution in [2.45, 2.75) is 55.4 Å². The minimum Gasteiger partial charge on any atom is -0.444 e. The second kappa shape index (κ2) is 11.4. The summed E-state index contributed by atoms with van der Waals surface area (Å²) in [6.45, 7) is 6.52. The number of carbonyl (C=O) groups excluding carboxylic acids is 2. The topological polar surface area (TPSA) is 96.0 Å². The van der Waals surface area contributed by atoms with Gasteiger partial charge in [0.1, 0.15) is 5.60 Å². The van der Waals surface area contributed by atoms with Crippen LogP contribution >= 0.6 is 11.8 Å². The minimum atomic E-state index is -3.80. The van der Waals surface area contributed by atoms with Gasteiger partial charge in [0.25, 0.3) is 0 Å². The Labute approximate surface area is 223 Å². The number of thioether (sulfide) groups is 1. The molecule has 37 heavy (non-hydrogen) atoms. The van der Waals surface area contributed by atoms with E-state index in [1.807, 2.05) is 51.1 Å². The van der Waals surface area contributed by atoms with Crippen LogP contribution in [-0.2, 0) is 19.6 Å². The first-order valence-corrected chi connectivity index (χ1v) is 15.0. The first kappa shape index (κ1) is 27.5. The highest BCUT2D eigenvalue weighted by Crippen LogP contribution is 2.37. The van der Waals surface area contributed by atoms with Gasteiger partial charge in [-0.25, -0.2) is 13.2 Å². The van der Waals surface area contributed by atoms with Crippen LogP contribution in [0.25, 0.3) is 0 Å². The Balaban J connectivity index is 1.41. The summed E-state index contributed by atoms with van der Waals surface area (Å²) in [4.78, 5) is 27.4. The predicted molar refractivity (Wildman–Crippen MR) is 144 cm³/mol. The highest BCUT2D eigenvalue weighted by Gasteiger charge is 2.40. The highest BCUT2D eigenvalue weighted by molar-refractivity contribution is 8.00. The van der Waals surface area contributed by atoms with Crippen LogP contribution in [0.4, 0.5) is 4.79 Å². The van der Waals surface area contributed by atoms with Crippen molar-refractivity contribution in [3.05, 3.63) is 66.2 Å². The van der Waals surface area contributed by atoms with Crippen molar-refractivity contribution in [2.75, 3.05) is 25.5 Å². The number of amides is 2. The first-order chi connectivity index (χ1) is 17.5. The van der Waals surface area contributed by atoms with Gasteiger partial charge in [0.05, 0.1) is 22.7 Å². The van der Waals surface area contributed by atoms with Gasteiger partial charge < -0.3 is 10.1 Å². The average Bonchev–Trinajstić information content (AvgIpc) is 3.36. The molecule has 0 spiro atoms. The van der Waals surface area contributed by atoms with E-state index in [9.17, 15) is 18.0 Å². The van der Waals surface area contributed by atoms with Gasteiger partial charge in [-0.3, -0.25) is 9.69 Å². The summed E-state index contributed by atoms with van der Waals surface area (Å²) in [6, 6.07) is 17.6. The third kappa shape index (κ3) is 6.86. The molecular formula is C27H35N3O5S2. The van der Waals surface area contributed by atoms with Crippen LogP contribution in [-0.4, -0.2) is 66.0 Å². The van der Waals surface area contributed by atoms with E-state index in [4.69, 9.17) is 4.74 Å². The zero-order valence-electron chi connectivity index (χ0n) is 21.5. The van der Waals surface area contributed by atoms with Gasteiger partial charge in [0.2, 0.25) is 15.9 Å². The maximum Gasteiger partial charge on any atom is 0.411 e. The van der Waals surface area contributed by atoms with Gasteiger partial charge in [-0.2, -0.15) is 4.31 Å². The van der Waals surface area contributed by atoms with E-state index in [-0.39, 0.29) is 34.7 Å². The van der Waals surface area contributed by atoms with Gasteiger partial charge in [-0.05, 0) is 51.3 Å². The van der Waals surface area contributed by atoms with Crippen molar-refractivity contribution in [1.82, 2.24) is 14.5 Å². The number of hydrogen-bond donors (Lipinski definition) is 1. The van der Waals surface area contributed by atoms with E-state index >= 15 is 0 Å². The molecule has 2 saturated heterocycles. The van der Waals surface area contributed by atoms with Crippen LogP contribution in [0.5, 0.6) is 0 Å². The summed E-state index contributed by atoms with van der Waals surface area (Å²) in [5.41, 5.74) is 0.365. The quantitative estimate of drug-likeness (QED) is 0.583. The second-order valence-corrected chi connectivity index (χ2v) is 13.6. The van der Waals surface area contributed by atoms with Gasteiger partial charge in [0.15, 0.2) is 0 Å². The van der Waals surface area contributed by atoms with Gasteiger partial charge >= 0.3 is 6.09 Å². The number of sulfonamides is 1. The van der Waals surface area contributed by atoms with Crippen molar-refractivity contribution in [2.24, 2.45) is 5.92 Å². The van der Waals surface area contributed by atoms with Crippen LogP contribution in [0.2, 0.25) is 0 Å². The normalized spacial score (nSPS) is 23.0. The lowest BCUT2D eigenvalue weighted by Gasteiger charge is -2.38. The molecule has 3 atom stereocenters. The number of benzene rings is 2. The van der Waals surface area contributed by atoms with E-state index in [2.05, 4.69) is 5.32 Å². The monoisotopic (exact) mass is 545 g/mol. The predicted octanol–water partition coefficient (Wildman–Crippen LogP) is 4.25. The lowest BCUT2D eigenvalue weighted by Crippen LogP contribution is -2.47. The Bertz CT molecular complexity index is 1190. The number of nitrogens with one attached hydrogen (secondary N) is 1. The second-order valence-electron chi connectivity index (χ2n) is 10.5. The molecule has 0 saturated carbocycles. The third-order valence-electron chi connectivity index (χ3n) is 6.49. The minimum absolute atomic E-state index is 0.0567. The SMILES string of the molecule is CC(C)(C)OC(=O)N1CSC(CNC(=O)[C@@H]2CC[C@H](c3ccccc3)N(S(=O)(=O)c3ccccc3)C2)C1. The van der Waals surface area contributed by atoms with Gasteiger partial charge in [-0.1, -0.05) is 48.5 Å². The van der Waals surface area contributed by atoms with E-state index in [1.54, 1.807) is 47.0 Å². The number of ether oxygens (including phenoxy) is 1. The molecule has 2 aromatic rings. The molecule has 1 N–H and O–H groups in total. The fourth-order valence-corrected chi connectivity index (χ4v) is 7.44. The molecule has 0 aromatic heterocycles. The standard InChI is InChI=1S/C27H35N3O5S2/c1-27(2,3)35-26(32)29-18-22(36-19-29)16-28-25(31)21-14-15-24(20-10-6-4-7-11-20)30(17-21)37(33,34)23-12-8-5-9-13-23/h4-13,21-22,24H,14-19H2,1-3H3,(H,28,31)/t21-,22?,24-/m1/s1. The number of piperidine rings is 1. The molecule has 4 rings (SSSR count). The summed E-state index contributed by atoms with van der Waals surface area (Å²) >= 11 is 1.60. The molecule has 2 amide bonds. The average molecular weight is 546 g/mol. The third-order valence-corrected chi connectivity index (χ3v) is 9.62. The Morgan fingerprint density at radius 2 is 1.65 bits per heavy atom. The summed E-state index contributed by atoms with van der Waals surface area (Å²) in [5, 5.41) is 3.07. The van der Waals surface area contributed by atoms with E-state index in [0.29, 0.717) is 31.8 Å². The van der Waals surface area contributed by atoms with Crippen molar-refractivity contribution in [3.63, 3.8) is 0 Å². The fraction of sp³-hybridized carbons (Fsp3) is 0.481. The van der Waals surface area contributed by atoms with Gasteiger partial charge in [0, 0.05) is 24.9 Å². The number of carbonyl (C=O) groups is 2. The molecule has 2 aromatic carbocycles. The molecule has 2 heterocycles. The van der Waals surface area contributed by atoms with E-state index in [1.165, 1.54) is 4.31 Å². The molecular weight excluding hydrogens is 510 g/mol. The molecule has 1 unspecified atom stereocenters. The largest absolute Gasteiger partial charge is 0.444 e. The summed E-state index contributed by atoms with van der Waals surface area (Å²) in [5.74, 6) is -0.0938. The smallest absolute Gasteiger partial charge is 0.411 e. The molecule has 10 heteroatoms. The van der Waals surface area contributed by atoms with Gasteiger partial charge in [-0.15, -0.1) is 11.8 Å². The maximum absolute atomic E-state index is 13.6. The lowest BCUT2D eigenvalue weighted by molar-refractivity contribution is -0.126. The molecule has 200 valence electrons. The molecule has 2 fully saturated rings. The molecule has 0 aliphatic carbocycles. The van der Waals surface area contributed by atoms with Crippen LogP contribution in [0.3, 0.4) is 0 Å². The van der Waals surface area contributed by atoms with Crippen molar-refractivity contribution >= 4 is 33.8 Å².